The largest absolute Gasteiger partial charge is 0.459 e. The van der Waals surface area contributed by atoms with Crippen molar-refractivity contribution in [2.75, 3.05) is 19.8 Å². The van der Waals surface area contributed by atoms with E-state index in [0.717, 1.165) is 0 Å². The van der Waals surface area contributed by atoms with Crippen LogP contribution in [0.15, 0.2) is 243 Å². The van der Waals surface area contributed by atoms with E-state index in [4.69, 9.17) is 107 Å². The Morgan fingerprint density at radius 3 is 0.846 bits per heavy atom. The van der Waals surface area contributed by atoms with Gasteiger partial charge in [0, 0.05) is 5.92 Å². The number of hydrogen-bond acceptors (Lipinski definition) is 23. The molecule has 1 N–H and O–H groups in total. The van der Waals surface area contributed by atoms with Gasteiger partial charge >= 0.3 is 47.8 Å². The van der Waals surface area contributed by atoms with Crippen molar-refractivity contribution in [1.82, 2.24) is 0 Å². The first kappa shape index (κ1) is 74.8. The number of esters is 8. The van der Waals surface area contributed by atoms with Gasteiger partial charge in [0.1, 0.15) is 18.8 Å². The Bertz CT molecular complexity index is 4230. The predicted octanol–water partition coefficient (Wildman–Crippen LogP) is 12.3. The van der Waals surface area contributed by atoms with Gasteiger partial charge in [-0.05, 0) is 103 Å². The summed E-state index contributed by atoms with van der Waals surface area (Å²) in [6.45, 7) is 1.56. The van der Waals surface area contributed by atoms with E-state index in [1.54, 1.807) is 153 Å². The highest BCUT2D eigenvalue weighted by Gasteiger charge is 2.58. The van der Waals surface area contributed by atoms with E-state index in [-0.39, 0.29) is 51.1 Å². The fourth-order valence-corrected chi connectivity index (χ4v) is 11.7. The van der Waals surface area contributed by atoms with Crippen LogP contribution in [0.2, 0.25) is 0 Å². The first-order valence-corrected chi connectivity index (χ1v) is 34.0. The minimum atomic E-state index is -2.63. The third kappa shape index (κ3) is 19.1. The highest BCUT2D eigenvalue weighted by Crippen LogP contribution is 2.39. The van der Waals surface area contributed by atoms with E-state index < -0.39 is 162 Å². The van der Waals surface area contributed by atoms with Gasteiger partial charge in [0.25, 0.3) is 3.79 Å². The normalized spacial score (nSPS) is 24.3. The molecule has 11 rings (SSSR count). The molecule has 0 spiro atoms. The van der Waals surface area contributed by atoms with E-state index >= 15 is 0 Å². The predicted molar refractivity (Wildman–Crippen MR) is 372 cm³/mol. The Morgan fingerprint density at radius 2 is 0.538 bits per heavy atom. The van der Waals surface area contributed by atoms with Crippen LogP contribution in [0.4, 0.5) is 0 Å². The second-order valence-electron chi connectivity index (χ2n) is 24.1. The third-order valence-corrected chi connectivity index (χ3v) is 17.7. The fourth-order valence-electron chi connectivity index (χ4n) is 11.5. The zero-order chi connectivity index (χ0) is 73.3. The molecule has 3 aliphatic rings. The van der Waals surface area contributed by atoms with Crippen molar-refractivity contribution >= 4 is 88.5 Å². The number of nitrogens with one attached hydrogen (secondary N) is 1. The van der Waals surface area contributed by atoms with Crippen LogP contribution in [-0.2, 0) is 66.3 Å². The van der Waals surface area contributed by atoms with E-state index in [0.29, 0.717) is 0 Å². The smallest absolute Gasteiger partial charge is 0.338 e. The summed E-state index contributed by atoms with van der Waals surface area (Å²) in [6.07, 6.45) is -23.5. The molecule has 15 atom stereocenters. The Labute approximate surface area is 611 Å². The van der Waals surface area contributed by atoms with Gasteiger partial charge in [-0.15, -0.1) is 0 Å². The van der Waals surface area contributed by atoms with Gasteiger partial charge in [-0.25, -0.2) is 38.4 Å². The molecular weight excluding hydrogens is 1410 g/mol. The Balaban J connectivity index is 1.03. The number of carbonyl (C=O) groups excluding carboxylic acids is 8. The number of hydrogen-bond donors (Lipinski definition) is 1. The summed E-state index contributed by atoms with van der Waals surface area (Å²) in [7, 11) is 0. The van der Waals surface area contributed by atoms with Crippen molar-refractivity contribution in [3.8, 4) is 0 Å². The lowest BCUT2D eigenvalue weighted by atomic mass is 9.83. The van der Waals surface area contributed by atoms with Crippen molar-refractivity contribution in [1.29, 1.82) is 5.41 Å². The first-order chi connectivity index (χ1) is 50.3. The number of benzene rings is 8. The summed E-state index contributed by atoms with van der Waals surface area (Å²) in [5.74, 6) is -9.95. The SMILES string of the molecule is C[C@H]1[C@H](C)[C@@H](COC(=O)c2ccccc2)O[C@@H](OC[C@H]2O[C@@H](OC[C@H]3OC(OC(=N)C(Cl)(Cl)Cl)[C@H](OC(=O)c4ccccc4)[C@@H](OC(=O)c4ccccc4)[C@@H]3OC(=O)c3ccccc3)[C@H](OC(=O)c3ccccc3)[C@@H](OC(=O)c3ccccc3)[C@@H]2OC(=O)c2ccccc2)[C@@H]1OC(=O)c1ccccc1. The molecule has 26 heteroatoms. The maximum absolute atomic E-state index is 14.9. The number of alkyl halides is 3. The molecular formula is C78H68Cl3NO22. The maximum Gasteiger partial charge on any atom is 0.338 e. The Kier molecular flexibility index (Phi) is 25.3. The van der Waals surface area contributed by atoms with Crippen LogP contribution in [0.1, 0.15) is 96.7 Å². The van der Waals surface area contributed by atoms with Gasteiger partial charge in [0.15, 0.2) is 49.2 Å². The van der Waals surface area contributed by atoms with E-state index in [9.17, 15) is 38.4 Å². The monoisotopic (exact) mass is 1480 g/mol. The van der Waals surface area contributed by atoms with Gasteiger partial charge in [0.2, 0.25) is 18.3 Å². The average molecular weight is 1480 g/mol. The van der Waals surface area contributed by atoms with Gasteiger partial charge in [0.05, 0.1) is 63.8 Å². The second kappa shape index (κ2) is 35.2. The van der Waals surface area contributed by atoms with Gasteiger partial charge in [-0.1, -0.05) is 194 Å². The van der Waals surface area contributed by atoms with Crippen LogP contribution < -0.4 is 0 Å². The molecule has 0 aromatic heterocycles. The molecule has 8 aromatic rings. The van der Waals surface area contributed by atoms with E-state index in [2.05, 4.69) is 0 Å². The zero-order valence-electron chi connectivity index (χ0n) is 55.5. The fraction of sp³-hybridized carbons (Fsp3) is 0.269. The number of carbonyl (C=O) groups is 8. The summed E-state index contributed by atoms with van der Waals surface area (Å²) < 4.78 is 87.0. The minimum Gasteiger partial charge on any atom is -0.459 e. The molecule has 104 heavy (non-hydrogen) atoms. The van der Waals surface area contributed by atoms with Crippen LogP contribution in [0.25, 0.3) is 0 Å². The van der Waals surface area contributed by atoms with Gasteiger partial charge < -0.3 is 66.3 Å². The highest BCUT2D eigenvalue weighted by molar-refractivity contribution is 6.76. The van der Waals surface area contributed by atoms with E-state index in [1.807, 2.05) is 6.92 Å². The lowest BCUT2D eigenvalue weighted by Gasteiger charge is -2.47. The summed E-state index contributed by atoms with van der Waals surface area (Å²) in [4.78, 5) is 116. The molecule has 0 aliphatic carbocycles. The standard InChI is InChI=1S/C78H68Cl3NO22/c1-46-47(2)59(97-67(84)49-29-13-4-14-30-49)74(94-56(46)43-91-66(83)48-27-11-3-12-28-48)92-44-57-60(98-68(85)50-31-15-5-16-32-50)62(100-70(87)52-35-19-7-20-36-52)64(102-72(89)54-39-23-9-24-40-54)75(95-57)93-45-58-61(99-69(86)51-33-17-6-18-34-51)63(101-71(88)53-37-21-8-22-38-53)65(76(96-58)104-77(82)78(79,80)81)103-73(90)55-41-25-10-26-42-55/h3-42,46-47,56-65,74-76,82H,43-45H2,1-2H3/t46-,47-,56+,57+,58+,59+,60+,61+,62-,63-,64+,65+,74+,75+,76?/m0/s1. The Hall–Kier alpha value is -10.3. The quantitative estimate of drug-likeness (QED) is 0.0193. The lowest BCUT2D eigenvalue weighted by molar-refractivity contribution is -0.332. The third-order valence-electron chi connectivity index (χ3n) is 17.2. The molecule has 8 aromatic carbocycles. The minimum absolute atomic E-state index is 0.00359. The number of halogens is 3. The summed E-state index contributed by atoms with van der Waals surface area (Å²) >= 11 is 18.8. The van der Waals surface area contributed by atoms with Gasteiger partial charge in [-0.2, -0.15) is 0 Å². The lowest BCUT2D eigenvalue weighted by Crippen LogP contribution is -2.65. The number of ether oxygens (including phenoxy) is 14. The van der Waals surface area contributed by atoms with Crippen molar-refractivity contribution in [3.05, 3.63) is 287 Å². The molecule has 0 saturated carbocycles. The molecule has 0 bridgehead atoms. The van der Waals surface area contributed by atoms with Crippen molar-refractivity contribution in [3.63, 3.8) is 0 Å². The first-order valence-electron chi connectivity index (χ1n) is 32.8. The van der Waals surface area contributed by atoms with Crippen molar-refractivity contribution in [2.45, 2.75) is 97.5 Å². The molecule has 1 unspecified atom stereocenters. The summed E-state index contributed by atoms with van der Waals surface area (Å²) in [5.41, 5.74) is 0.239. The summed E-state index contributed by atoms with van der Waals surface area (Å²) in [6, 6.07) is 61.9. The molecule has 0 radical (unpaired) electrons. The Morgan fingerprint density at radius 1 is 0.298 bits per heavy atom. The van der Waals surface area contributed by atoms with Crippen LogP contribution in [0.3, 0.4) is 0 Å². The molecule has 538 valence electrons. The average Bonchev–Trinajstić information content (AvgIpc) is 0.771. The van der Waals surface area contributed by atoms with Gasteiger partial charge in [-0.3, -0.25) is 5.41 Å². The molecule has 3 aliphatic heterocycles. The molecule has 3 heterocycles. The maximum atomic E-state index is 14.9. The molecule has 3 saturated heterocycles. The number of rotatable bonds is 24. The molecule has 0 amide bonds. The molecule has 23 nitrogen and oxygen atoms in total. The van der Waals surface area contributed by atoms with Crippen molar-refractivity contribution in [2.24, 2.45) is 11.8 Å². The molecule has 3 fully saturated rings. The zero-order valence-corrected chi connectivity index (χ0v) is 57.8. The second-order valence-corrected chi connectivity index (χ2v) is 26.4. The van der Waals surface area contributed by atoms with E-state index in [1.165, 1.54) is 97.1 Å². The van der Waals surface area contributed by atoms with Crippen molar-refractivity contribution < 1.29 is 105 Å². The van der Waals surface area contributed by atoms with Crippen LogP contribution in [-0.4, -0.2) is 157 Å². The highest BCUT2D eigenvalue weighted by atomic mass is 35.6. The topological polar surface area (TPSA) is 290 Å². The van der Waals surface area contributed by atoms with Crippen LogP contribution in [0.5, 0.6) is 0 Å². The summed E-state index contributed by atoms with van der Waals surface area (Å²) in [5, 5.41) is 8.83. The van der Waals surface area contributed by atoms with Crippen LogP contribution in [0, 0.1) is 17.2 Å². The van der Waals surface area contributed by atoms with Crippen LogP contribution >= 0.6 is 34.8 Å².